The topological polar surface area (TPSA) is 79.5 Å². The van der Waals surface area contributed by atoms with Crippen molar-refractivity contribution in [1.82, 2.24) is 24.6 Å². The Morgan fingerprint density at radius 1 is 1.00 bits per heavy atom. The fraction of sp³-hybridized carbons (Fsp3) is 0.320. The third kappa shape index (κ3) is 3.25. The first-order valence-corrected chi connectivity index (χ1v) is 11.5. The molecular formula is C25H23N7O. The molecule has 2 fully saturated rings. The number of anilines is 1. The van der Waals surface area contributed by atoms with Crippen molar-refractivity contribution >= 4 is 23.5 Å². The van der Waals surface area contributed by atoms with Crippen molar-refractivity contribution < 1.29 is 4.79 Å². The van der Waals surface area contributed by atoms with E-state index < -0.39 is 0 Å². The number of hydrogen-bond donors (Lipinski definition) is 0. The summed E-state index contributed by atoms with van der Waals surface area (Å²) in [6, 6.07) is 13.0. The molecule has 0 saturated heterocycles. The fourth-order valence-corrected chi connectivity index (χ4v) is 4.67. The molecule has 2 aliphatic carbocycles. The van der Waals surface area contributed by atoms with E-state index in [0.29, 0.717) is 24.4 Å². The Morgan fingerprint density at radius 2 is 1.88 bits per heavy atom. The van der Waals surface area contributed by atoms with E-state index in [1.807, 2.05) is 30.5 Å². The zero-order valence-electron chi connectivity index (χ0n) is 18.1. The van der Waals surface area contributed by atoms with E-state index in [1.54, 1.807) is 11.2 Å². The average Bonchev–Trinajstić information content (AvgIpc) is 3.80. The van der Waals surface area contributed by atoms with Crippen molar-refractivity contribution in [2.24, 2.45) is 4.99 Å². The molecule has 8 nitrogen and oxygen atoms in total. The number of carbonyl (C=O) groups is 1. The predicted octanol–water partition coefficient (Wildman–Crippen LogP) is 3.68. The predicted molar refractivity (Wildman–Crippen MR) is 125 cm³/mol. The highest BCUT2D eigenvalue weighted by molar-refractivity contribution is 6.13. The molecule has 2 saturated carbocycles. The molecule has 0 N–H and O–H groups in total. The minimum absolute atomic E-state index is 0.0208. The number of fused-ring (bicyclic) bond motifs is 1. The van der Waals surface area contributed by atoms with Crippen LogP contribution in [0.2, 0.25) is 0 Å². The normalized spacial score (nSPS) is 19.8. The van der Waals surface area contributed by atoms with Gasteiger partial charge in [0.2, 0.25) is 0 Å². The van der Waals surface area contributed by atoms with Gasteiger partial charge in [-0.25, -0.2) is 4.98 Å². The second kappa shape index (κ2) is 7.10. The van der Waals surface area contributed by atoms with E-state index in [-0.39, 0.29) is 5.91 Å². The van der Waals surface area contributed by atoms with E-state index in [9.17, 15) is 4.79 Å². The van der Waals surface area contributed by atoms with Crippen molar-refractivity contribution in [3.63, 3.8) is 0 Å². The Labute approximate surface area is 191 Å². The van der Waals surface area contributed by atoms with Gasteiger partial charge in [0.05, 0.1) is 6.54 Å². The van der Waals surface area contributed by atoms with E-state index >= 15 is 0 Å². The number of rotatable bonds is 5. The second-order valence-electron chi connectivity index (χ2n) is 9.22. The average molecular weight is 438 g/mol. The largest absolute Gasteiger partial charge is 0.355 e. The molecule has 0 spiro atoms. The number of carbonyl (C=O) groups excluding carboxylic acids is 1. The summed E-state index contributed by atoms with van der Waals surface area (Å²) in [4.78, 5) is 26.7. The SMILES string of the molecule is O=C1c2cc(C3=CN(C4CC4)CN=C3)ccc2CN1c1cccc(-c2nncn2C2CC2)n1. The Hall–Kier alpha value is -3.81. The van der Waals surface area contributed by atoms with Crippen molar-refractivity contribution in [3.05, 3.63) is 65.6 Å². The van der Waals surface area contributed by atoms with Crippen molar-refractivity contribution in [3.8, 4) is 11.5 Å². The molecule has 3 aromatic rings. The van der Waals surface area contributed by atoms with Crippen molar-refractivity contribution in [2.45, 2.75) is 44.3 Å². The highest BCUT2D eigenvalue weighted by Crippen LogP contribution is 2.38. The molecule has 0 bridgehead atoms. The summed E-state index contributed by atoms with van der Waals surface area (Å²) < 4.78 is 2.09. The van der Waals surface area contributed by atoms with Gasteiger partial charge in [-0.2, -0.15) is 0 Å². The van der Waals surface area contributed by atoms with Gasteiger partial charge >= 0.3 is 0 Å². The van der Waals surface area contributed by atoms with Crippen LogP contribution >= 0.6 is 0 Å². The van der Waals surface area contributed by atoms with Gasteiger partial charge in [-0.3, -0.25) is 14.7 Å². The molecule has 4 aliphatic rings. The third-order valence-corrected chi connectivity index (χ3v) is 6.80. The number of nitrogens with zero attached hydrogens (tertiary/aromatic N) is 7. The van der Waals surface area contributed by atoms with Gasteiger partial charge in [0.1, 0.15) is 24.5 Å². The first-order valence-electron chi connectivity index (χ1n) is 11.5. The maximum atomic E-state index is 13.4. The van der Waals surface area contributed by atoms with Crippen LogP contribution in [0.3, 0.4) is 0 Å². The molecule has 0 atom stereocenters. The van der Waals surface area contributed by atoms with Crippen LogP contribution in [0, 0.1) is 0 Å². The molecule has 4 heterocycles. The summed E-state index contributed by atoms with van der Waals surface area (Å²) in [5.74, 6) is 1.38. The highest BCUT2D eigenvalue weighted by atomic mass is 16.2. The number of hydrogen-bond acceptors (Lipinski definition) is 6. The van der Waals surface area contributed by atoms with Gasteiger partial charge in [-0.1, -0.05) is 18.2 Å². The van der Waals surface area contributed by atoms with Gasteiger partial charge in [0.25, 0.3) is 5.91 Å². The third-order valence-electron chi connectivity index (χ3n) is 6.80. The van der Waals surface area contributed by atoms with Crippen molar-refractivity contribution in [2.75, 3.05) is 11.6 Å². The monoisotopic (exact) mass is 437 g/mol. The molecule has 7 rings (SSSR count). The lowest BCUT2D eigenvalue weighted by Gasteiger charge is -2.22. The van der Waals surface area contributed by atoms with E-state index in [4.69, 9.17) is 4.98 Å². The minimum atomic E-state index is -0.0208. The zero-order chi connectivity index (χ0) is 21.9. The summed E-state index contributed by atoms with van der Waals surface area (Å²) in [5.41, 5.74) is 4.58. The summed E-state index contributed by atoms with van der Waals surface area (Å²) >= 11 is 0. The van der Waals surface area contributed by atoms with E-state index in [0.717, 1.165) is 53.3 Å². The number of aromatic nitrogens is 4. The molecule has 0 radical (unpaired) electrons. The van der Waals surface area contributed by atoms with Gasteiger partial charge in [-0.05, 0) is 55.0 Å². The quantitative estimate of drug-likeness (QED) is 0.608. The summed E-state index contributed by atoms with van der Waals surface area (Å²) in [6.45, 7) is 1.24. The van der Waals surface area contributed by atoms with Crippen molar-refractivity contribution in [1.29, 1.82) is 0 Å². The molecule has 0 unspecified atom stereocenters. The first-order chi connectivity index (χ1) is 16.2. The molecule has 8 heteroatoms. The van der Waals surface area contributed by atoms with Crippen LogP contribution in [0.25, 0.3) is 17.1 Å². The molecular weight excluding hydrogens is 414 g/mol. The zero-order valence-corrected chi connectivity index (χ0v) is 18.1. The van der Waals surface area contributed by atoms with E-state index in [1.165, 1.54) is 12.8 Å². The summed E-state index contributed by atoms with van der Waals surface area (Å²) in [7, 11) is 0. The lowest BCUT2D eigenvalue weighted by molar-refractivity contribution is 0.0996. The van der Waals surface area contributed by atoms with Crippen LogP contribution in [-0.2, 0) is 6.54 Å². The smallest absolute Gasteiger partial charge is 0.260 e. The standard InChI is InChI=1S/C25H23N7O/c33-25-21-10-16(18-11-26-14-30(12-18)19-6-7-19)4-5-17(21)13-31(25)23-3-1-2-22(28-23)24-29-27-15-32(24)20-8-9-20/h1-5,10-12,15,19-20H,6-9,13-14H2. The number of aliphatic imine (C=N–C) groups is 1. The Kier molecular flexibility index (Phi) is 4.03. The molecule has 33 heavy (non-hydrogen) atoms. The number of allylic oxidation sites excluding steroid dienone is 1. The molecule has 1 aromatic carbocycles. The van der Waals surface area contributed by atoms with Crippen LogP contribution in [-0.4, -0.2) is 49.5 Å². The summed E-state index contributed by atoms with van der Waals surface area (Å²) in [6.07, 6.45) is 10.6. The Bertz CT molecular complexity index is 1330. The van der Waals surface area contributed by atoms with Crippen LogP contribution in [0.15, 0.2) is 53.9 Å². The fourth-order valence-electron chi connectivity index (χ4n) is 4.67. The molecule has 2 aliphatic heterocycles. The van der Waals surface area contributed by atoms with Gasteiger partial charge in [0.15, 0.2) is 5.82 Å². The minimum Gasteiger partial charge on any atom is -0.355 e. The lowest BCUT2D eigenvalue weighted by atomic mass is 10.0. The van der Waals surface area contributed by atoms with Gasteiger partial charge < -0.3 is 9.47 Å². The number of amides is 1. The first kappa shape index (κ1) is 18.7. The number of pyridine rings is 1. The maximum absolute atomic E-state index is 13.4. The number of benzene rings is 1. The van der Waals surface area contributed by atoms with Gasteiger partial charge in [-0.15, -0.1) is 10.2 Å². The maximum Gasteiger partial charge on any atom is 0.260 e. The highest BCUT2D eigenvalue weighted by Gasteiger charge is 2.32. The molecule has 164 valence electrons. The molecule has 2 aromatic heterocycles. The lowest BCUT2D eigenvalue weighted by Crippen LogP contribution is -2.24. The van der Waals surface area contributed by atoms with E-state index in [2.05, 4.69) is 43.0 Å². The Morgan fingerprint density at radius 3 is 2.73 bits per heavy atom. The van der Waals surface area contributed by atoms with Crippen LogP contribution < -0.4 is 4.90 Å². The summed E-state index contributed by atoms with van der Waals surface area (Å²) in [5, 5.41) is 8.37. The van der Waals surface area contributed by atoms with Crippen LogP contribution in [0.5, 0.6) is 0 Å². The Balaban J connectivity index is 1.18. The van der Waals surface area contributed by atoms with Crippen LogP contribution in [0.1, 0.15) is 53.2 Å². The second-order valence-corrected chi connectivity index (χ2v) is 9.22. The van der Waals surface area contributed by atoms with Gasteiger partial charge in [0, 0.05) is 35.6 Å². The van der Waals surface area contributed by atoms with Crippen LogP contribution in [0.4, 0.5) is 5.82 Å². The molecule has 1 amide bonds.